The first-order chi connectivity index (χ1) is 12.3. The van der Waals surface area contributed by atoms with E-state index in [2.05, 4.69) is 5.32 Å². The number of para-hydroxylation sites is 1. The van der Waals surface area contributed by atoms with E-state index in [1.807, 2.05) is 0 Å². The van der Waals surface area contributed by atoms with E-state index in [0.717, 1.165) is 22.8 Å². The van der Waals surface area contributed by atoms with Gasteiger partial charge in [-0.25, -0.2) is 8.78 Å². The molecule has 3 rings (SSSR count). The van der Waals surface area contributed by atoms with Gasteiger partial charge in [-0.15, -0.1) is 0 Å². The van der Waals surface area contributed by atoms with Gasteiger partial charge in [0.05, 0.1) is 22.5 Å². The molecule has 1 heterocycles. The summed E-state index contributed by atoms with van der Waals surface area (Å²) >= 11 is 0. The molecule has 3 nitrogen and oxygen atoms in total. The third-order valence-electron chi connectivity index (χ3n) is 3.62. The van der Waals surface area contributed by atoms with Crippen molar-refractivity contribution in [2.45, 2.75) is 6.18 Å². The van der Waals surface area contributed by atoms with E-state index in [1.54, 1.807) is 0 Å². The third kappa shape index (κ3) is 3.58. The zero-order chi connectivity index (χ0) is 18.9. The number of halogens is 5. The van der Waals surface area contributed by atoms with Crippen LogP contribution in [-0.4, -0.2) is 10.5 Å². The van der Waals surface area contributed by atoms with Gasteiger partial charge in [-0.2, -0.15) is 13.2 Å². The fourth-order valence-electron chi connectivity index (χ4n) is 2.40. The highest BCUT2D eigenvalue weighted by atomic mass is 19.4. The summed E-state index contributed by atoms with van der Waals surface area (Å²) < 4.78 is 66.9. The summed E-state index contributed by atoms with van der Waals surface area (Å²) in [4.78, 5) is 12.2. The fourth-order valence-corrected chi connectivity index (χ4v) is 2.40. The second kappa shape index (κ2) is 6.62. The van der Waals surface area contributed by atoms with Crippen LogP contribution in [0, 0.1) is 11.6 Å². The highest BCUT2D eigenvalue weighted by molar-refractivity contribution is 6.04. The summed E-state index contributed by atoms with van der Waals surface area (Å²) in [7, 11) is 0. The average molecular weight is 366 g/mol. The highest BCUT2D eigenvalue weighted by Crippen LogP contribution is 2.33. The SMILES string of the molecule is O=C(Nc1ccc(F)cc1F)c1ccn(-c2ccccc2C(F)(F)F)c1. The molecule has 134 valence electrons. The Morgan fingerprint density at radius 3 is 2.42 bits per heavy atom. The molecule has 0 aliphatic heterocycles. The van der Waals surface area contributed by atoms with Crippen molar-refractivity contribution in [1.82, 2.24) is 4.57 Å². The Labute approximate surface area is 144 Å². The molecule has 1 amide bonds. The van der Waals surface area contributed by atoms with E-state index in [1.165, 1.54) is 36.7 Å². The van der Waals surface area contributed by atoms with Crippen LogP contribution in [0.15, 0.2) is 60.9 Å². The summed E-state index contributed by atoms with van der Waals surface area (Å²) in [6, 6.07) is 8.85. The number of carbonyl (C=O) groups excluding carboxylic acids is 1. The van der Waals surface area contributed by atoms with Crippen LogP contribution in [0.5, 0.6) is 0 Å². The Bertz CT molecular complexity index is 962. The predicted molar refractivity (Wildman–Crippen MR) is 85.1 cm³/mol. The van der Waals surface area contributed by atoms with Crippen molar-refractivity contribution < 1.29 is 26.7 Å². The van der Waals surface area contributed by atoms with Crippen LogP contribution in [0.25, 0.3) is 5.69 Å². The number of nitrogens with one attached hydrogen (secondary N) is 1. The highest BCUT2D eigenvalue weighted by Gasteiger charge is 2.33. The lowest BCUT2D eigenvalue weighted by atomic mass is 10.1. The van der Waals surface area contributed by atoms with E-state index in [4.69, 9.17) is 0 Å². The van der Waals surface area contributed by atoms with Crippen LogP contribution in [0.1, 0.15) is 15.9 Å². The number of aromatic nitrogens is 1. The van der Waals surface area contributed by atoms with Gasteiger partial charge in [0, 0.05) is 18.5 Å². The largest absolute Gasteiger partial charge is 0.418 e. The Hall–Kier alpha value is -3.16. The molecular formula is C18H11F5N2O. The van der Waals surface area contributed by atoms with Crippen molar-refractivity contribution in [1.29, 1.82) is 0 Å². The molecule has 0 aliphatic carbocycles. The van der Waals surface area contributed by atoms with Crippen molar-refractivity contribution >= 4 is 11.6 Å². The summed E-state index contributed by atoms with van der Waals surface area (Å²) in [5, 5.41) is 2.25. The van der Waals surface area contributed by atoms with Crippen molar-refractivity contribution in [2.75, 3.05) is 5.32 Å². The maximum absolute atomic E-state index is 13.6. The maximum atomic E-state index is 13.6. The van der Waals surface area contributed by atoms with Crippen LogP contribution in [0.4, 0.5) is 27.6 Å². The minimum atomic E-state index is -4.56. The topological polar surface area (TPSA) is 34.0 Å². The quantitative estimate of drug-likeness (QED) is 0.649. The first kappa shape index (κ1) is 17.7. The number of anilines is 1. The van der Waals surface area contributed by atoms with E-state index in [-0.39, 0.29) is 16.9 Å². The zero-order valence-corrected chi connectivity index (χ0v) is 13.0. The number of nitrogens with zero attached hydrogens (tertiary/aromatic N) is 1. The van der Waals surface area contributed by atoms with Crippen LogP contribution >= 0.6 is 0 Å². The number of benzene rings is 2. The standard InChI is InChI=1S/C18H11F5N2O/c19-12-5-6-15(14(20)9-12)24-17(26)11-7-8-25(10-11)16-4-2-1-3-13(16)18(21,22)23/h1-10H,(H,24,26). The summed E-state index contributed by atoms with van der Waals surface area (Å²) in [5.74, 6) is -2.49. The van der Waals surface area contributed by atoms with Gasteiger partial charge in [-0.3, -0.25) is 4.79 Å². The molecule has 0 fully saturated rings. The molecule has 2 aromatic carbocycles. The van der Waals surface area contributed by atoms with Gasteiger partial charge in [0.1, 0.15) is 11.6 Å². The van der Waals surface area contributed by atoms with Gasteiger partial charge < -0.3 is 9.88 Å². The van der Waals surface area contributed by atoms with Crippen molar-refractivity contribution in [3.8, 4) is 5.69 Å². The van der Waals surface area contributed by atoms with E-state index < -0.39 is 29.3 Å². The minimum Gasteiger partial charge on any atom is -0.322 e. The lowest BCUT2D eigenvalue weighted by molar-refractivity contribution is -0.137. The Morgan fingerprint density at radius 1 is 1.00 bits per heavy atom. The minimum absolute atomic E-state index is 0.0192. The Balaban J connectivity index is 1.88. The number of amides is 1. The second-order valence-electron chi connectivity index (χ2n) is 5.40. The van der Waals surface area contributed by atoms with E-state index in [9.17, 15) is 26.7 Å². The number of alkyl halides is 3. The molecule has 0 saturated carbocycles. The smallest absolute Gasteiger partial charge is 0.322 e. The van der Waals surface area contributed by atoms with Crippen molar-refractivity contribution in [2.24, 2.45) is 0 Å². The number of hydrogen-bond acceptors (Lipinski definition) is 1. The zero-order valence-electron chi connectivity index (χ0n) is 13.0. The predicted octanol–water partition coefficient (Wildman–Crippen LogP) is 5.03. The normalized spacial score (nSPS) is 11.4. The number of hydrogen-bond donors (Lipinski definition) is 1. The molecule has 26 heavy (non-hydrogen) atoms. The monoisotopic (exact) mass is 366 g/mol. The molecule has 0 spiro atoms. The van der Waals surface area contributed by atoms with Gasteiger partial charge in [0.15, 0.2) is 0 Å². The fraction of sp³-hybridized carbons (Fsp3) is 0.0556. The summed E-state index contributed by atoms with van der Waals surface area (Å²) in [5.41, 5.74) is -1.22. The molecule has 0 radical (unpaired) electrons. The van der Waals surface area contributed by atoms with Crippen LogP contribution < -0.4 is 5.32 Å². The first-order valence-electron chi connectivity index (χ1n) is 7.37. The summed E-state index contributed by atoms with van der Waals surface area (Å²) in [6.07, 6.45) is -2.07. The number of rotatable bonds is 3. The Kier molecular flexibility index (Phi) is 4.50. The van der Waals surface area contributed by atoms with Gasteiger partial charge in [-0.05, 0) is 30.3 Å². The van der Waals surface area contributed by atoms with Crippen LogP contribution in [0.2, 0.25) is 0 Å². The molecule has 0 bridgehead atoms. The van der Waals surface area contributed by atoms with E-state index in [0.29, 0.717) is 6.07 Å². The second-order valence-corrected chi connectivity index (χ2v) is 5.40. The van der Waals surface area contributed by atoms with Crippen LogP contribution in [-0.2, 0) is 6.18 Å². The third-order valence-corrected chi connectivity index (χ3v) is 3.62. The van der Waals surface area contributed by atoms with Gasteiger partial charge in [0.25, 0.3) is 5.91 Å². The molecule has 3 aromatic rings. The molecule has 0 saturated heterocycles. The molecule has 1 aromatic heterocycles. The lowest BCUT2D eigenvalue weighted by Crippen LogP contribution is -2.13. The molecule has 0 aliphatic rings. The molecule has 8 heteroatoms. The maximum Gasteiger partial charge on any atom is 0.418 e. The molecule has 0 atom stereocenters. The molecule has 1 N–H and O–H groups in total. The van der Waals surface area contributed by atoms with Gasteiger partial charge in [0.2, 0.25) is 0 Å². The molecule has 0 unspecified atom stereocenters. The average Bonchev–Trinajstić information content (AvgIpc) is 3.06. The first-order valence-corrected chi connectivity index (χ1v) is 7.37. The lowest BCUT2D eigenvalue weighted by Gasteiger charge is -2.13. The van der Waals surface area contributed by atoms with Crippen LogP contribution in [0.3, 0.4) is 0 Å². The van der Waals surface area contributed by atoms with Crippen molar-refractivity contribution in [3.63, 3.8) is 0 Å². The Morgan fingerprint density at radius 2 is 1.73 bits per heavy atom. The number of carbonyl (C=O) groups is 1. The molecular weight excluding hydrogens is 355 g/mol. The van der Waals surface area contributed by atoms with Crippen molar-refractivity contribution in [3.05, 3.63) is 83.7 Å². The summed E-state index contributed by atoms with van der Waals surface area (Å²) in [6.45, 7) is 0. The van der Waals surface area contributed by atoms with Gasteiger partial charge in [-0.1, -0.05) is 12.1 Å². The van der Waals surface area contributed by atoms with Gasteiger partial charge >= 0.3 is 6.18 Å². The van der Waals surface area contributed by atoms with E-state index >= 15 is 0 Å².